The van der Waals surface area contributed by atoms with Gasteiger partial charge in [0.25, 0.3) is 0 Å². The van der Waals surface area contributed by atoms with E-state index in [1.165, 1.54) is 17.1 Å². The molecule has 0 fully saturated rings. The number of aromatic carboxylic acids is 1. The Kier molecular flexibility index (Phi) is 2.47. The molecular formula is C10H7N3O3. The van der Waals surface area contributed by atoms with E-state index < -0.39 is 5.97 Å². The number of carboxylic acid groups (broad SMARTS) is 1. The fourth-order valence-electron chi connectivity index (χ4n) is 1.21. The van der Waals surface area contributed by atoms with Crippen molar-refractivity contribution >= 4 is 12.3 Å². The van der Waals surface area contributed by atoms with E-state index in [1.54, 1.807) is 18.2 Å². The number of aromatic nitrogens is 3. The van der Waals surface area contributed by atoms with Gasteiger partial charge < -0.3 is 5.11 Å². The molecule has 0 spiro atoms. The molecule has 0 aliphatic carbocycles. The zero-order valence-electron chi connectivity index (χ0n) is 8.07. The van der Waals surface area contributed by atoms with Gasteiger partial charge in [0.1, 0.15) is 17.8 Å². The highest BCUT2D eigenvalue weighted by atomic mass is 16.4. The van der Waals surface area contributed by atoms with Gasteiger partial charge in [-0.3, -0.25) is 9.36 Å². The standard InChI is InChI=1S/C10H7N3O3/c14-5-7-2-1-3-9(12-7)13-4-8(10(15)16)11-6-13/h1-6H,(H,15,16). The fraction of sp³-hybridized carbons (Fsp3) is 0. The van der Waals surface area contributed by atoms with E-state index in [0.29, 0.717) is 12.1 Å². The molecule has 0 aromatic carbocycles. The number of hydrogen-bond donors (Lipinski definition) is 1. The molecule has 0 aliphatic heterocycles. The van der Waals surface area contributed by atoms with E-state index >= 15 is 0 Å². The highest BCUT2D eigenvalue weighted by molar-refractivity contribution is 5.85. The molecule has 0 aliphatic rings. The first kappa shape index (κ1) is 10.0. The van der Waals surface area contributed by atoms with Gasteiger partial charge in [0.2, 0.25) is 0 Å². The summed E-state index contributed by atoms with van der Waals surface area (Å²) in [4.78, 5) is 28.8. The Morgan fingerprint density at radius 2 is 2.25 bits per heavy atom. The third kappa shape index (κ3) is 1.81. The van der Waals surface area contributed by atoms with Gasteiger partial charge in [-0.1, -0.05) is 6.07 Å². The summed E-state index contributed by atoms with van der Waals surface area (Å²) in [6.45, 7) is 0. The first-order valence-electron chi connectivity index (χ1n) is 4.40. The number of hydrogen-bond acceptors (Lipinski definition) is 4. The molecule has 0 unspecified atom stereocenters. The van der Waals surface area contributed by atoms with Crippen LogP contribution in [0.1, 0.15) is 21.0 Å². The lowest BCUT2D eigenvalue weighted by Gasteiger charge is -1.99. The highest BCUT2D eigenvalue weighted by Crippen LogP contribution is 2.06. The fourth-order valence-corrected chi connectivity index (χ4v) is 1.21. The Balaban J connectivity index is 2.42. The maximum atomic E-state index is 10.6. The van der Waals surface area contributed by atoms with Gasteiger partial charge in [0.15, 0.2) is 12.0 Å². The summed E-state index contributed by atoms with van der Waals surface area (Å²) in [5.74, 6) is -0.658. The van der Waals surface area contributed by atoms with Gasteiger partial charge >= 0.3 is 5.97 Å². The zero-order chi connectivity index (χ0) is 11.5. The Bertz CT molecular complexity index is 548. The van der Waals surface area contributed by atoms with E-state index in [9.17, 15) is 9.59 Å². The summed E-state index contributed by atoms with van der Waals surface area (Å²) >= 11 is 0. The topological polar surface area (TPSA) is 85.1 Å². The minimum atomic E-state index is -1.11. The lowest BCUT2D eigenvalue weighted by Crippen LogP contribution is -1.98. The van der Waals surface area contributed by atoms with Crippen molar-refractivity contribution in [3.05, 3.63) is 42.1 Å². The number of pyridine rings is 1. The van der Waals surface area contributed by atoms with Gasteiger partial charge in [-0.2, -0.15) is 0 Å². The molecule has 1 N–H and O–H groups in total. The number of rotatable bonds is 3. The Hall–Kier alpha value is -2.50. The summed E-state index contributed by atoms with van der Waals surface area (Å²) in [7, 11) is 0. The van der Waals surface area contributed by atoms with Gasteiger partial charge in [0, 0.05) is 6.20 Å². The average molecular weight is 217 g/mol. The van der Waals surface area contributed by atoms with Gasteiger partial charge in [0.05, 0.1) is 0 Å². The molecule has 6 heteroatoms. The van der Waals surface area contributed by atoms with Crippen LogP contribution in [0.4, 0.5) is 0 Å². The largest absolute Gasteiger partial charge is 0.476 e. The Labute approximate surface area is 90.2 Å². The summed E-state index contributed by atoms with van der Waals surface area (Å²) in [5.41, 5.74) is 0.210. The van der Waals surface area contributed by atoms with Crippen LogP contribution in [0.25, 0.3) is 5.82 Å². The van der Waals surface area contributed by atoms with Crippen LogP contribution in [0, 0.1) is 0 Å². The quantitative estimate of drug-likeness (QED) is 0.768. The first-order chi connectivity index (χ1) is 7.70. The molecule has 0 atom stereocenters. The number of carbonyl (C=O) groups is 2. The SMILES string of the molecule is O=Cc1cccc(-n2cnc(C(=O)O)c2)n1. The van der Waals surface area contributed by atoms with Crippen molar-refractivity contribution in [2.45, 2.75) is 0 Å². The second-order valence-electron chi connectivity index (χ2n) is 3.01. The lowest BCUT2D eigenvalue weighted by molar-refractivity contribution is 0.0691. The minimum Gasteiger partial charge on any atom is -0.476 e. The molecule has 6 nitrogen and oxygen atoms in total. The molecule has 0 radical (unpaired) electrons. The van der Waals surface area contributed by atoms with Crippen LogP contribution in [0.5, 0.6) is 0 Å². The van der Waals surface area contributed by atoms with Crippen LogP contribution in [-0.2, 0) is 0 Å². The average Bonchev–Trinajstić information content (AvgIpc) is 2.78. The number of carbonyl (C=O) groups excluding carboxylic acids is 1. The molecule has 0 bridgehead atoms. The molecule has 0 amide bonds. The van der Waals surface area contributed by atoms with Crippen molar-refractivity contribution in [3.63, 3.8) is 0 Å². The summed E-state index contributed by atoms with van der Waals surface area (Å²) in [6.07, 6.45) is 3.29. The van der Waals surface area contributed by atoms with Gasteiger partial charge in [-0.05, 0) is 12.1 Å². The van der Waals surface area contributed by atoms with Crippen molar-refractivity contribution in [1.29, 1.82) is 0 Å². The molecule has 0 saturated heterocycles. The van der Waals surface area contributed by atoms with E-state index in [-0.39, 0.29) is 11.4 Å². The maximum Gasteiger partial charge on any atom is 0.356 e. The van der Waals surface area contributed by atoms with Crippen molar-refractivity contribution < 1.29 is 14.7 Å². The monoisotopic (exact) mass is 217 g/mol. The third-order valence-corrected chi connectivity index (χ3v) is 1.94. The van der Waals surface area contributed by atoms with E-state index in [1.807, 2.05) is 0 Å². The predicted octanol–water partition coefficient (Wildman–Crippen LogP) is 0.778. The van der Waals surface area contributed by atoms with Crippen LogP contribution in [-0.4, -0.2) is 31.9 Å². The molecule has 80 valence electrons. The van der Waals surface area contributed by atoms with Crippen LogP contribution in [0.3, 0.4) is 0 Å². The van der Waals surface area contributed by atoms with Crippen LogP contribution < -0.4 is 0 Å². The Morgan fingerprint density at radius 1 is 1.44 bits per heavy atom. The van der Waals surface area contributed by atoms with Crippen LogP contribution in [0.2, 0.25) is 0 Å². The molecule has 2 aromatic rings. The van der Waals surface area contributed by atoms with Crippen molar-refractivity contribution in [2.24, 2.45) is 0 Å². The van der Waals surface area contributed by atoms with Crippen molar-refractivity contribution in [2.75, 3.05) is 0 Å². The molecule has 2 heterocycles. The van der Waals surface area contributed by atoms with Crippen LogP contribution in [0.15, 0.2) is 30.7 Å². The maximum absolute atomic E-state index is 10.6. The summed E-state index contributed by atoms with van der Waals surface area (Å²) in [5, 5.41) is 8.69. The van der Waals surface area contributed by atoms with Crippen LogP contribution >= 0.6 is 0 Å². The summed E-state index contributed by atoms with van der Waals surface area (Å²) < 4.78 is 1.44. The van der Waals surface area contributed by atoms with Crippen molar-refractivity contribution in [1.82, 2.24) is 14.5 Å². The van der Waals surface area contributed by atoms with Crippen molar-refractivity contribution in [3.8, 4) is 5.82 Å². The van der Waals surface area contributed by atoms with E-state index in [2.05, 4.69) is 9.97 Å². The molecular weight excluding hydrogens is 210 g/mol. The summed E-state index contributed by atoms with van der Waals surface area (Å²) in [6, 6.07) is 4.87. The third-order valence-electron chi connectivity index (χ3n) is 1.94. The Morgan fingerprint density at radius 3 is 2.88 bits per heavy atom. The lowest BCUT2D eigenvalue weighted by atomic mass is 10.3. The molecule has 0 saturated carbocycles. The molecule has 2 rings (SSSR count). The number of nitrogens with zero attached hydrogens (tertiary/aromatic N) is 3. The van der Waals surface area contributed by atoms with E-state index in [0.717, 1.165) is 0 Å². The second-order valence-corrected chi connectivity index (χ2v) is 3.01. The predicted molar refractivity (Wildman–Crippen MR) is 53.7 cm³/mol. The zero-order valence-corrected chi connectivity index (χ0v) is 8.07. The van der Waals surface area contributed by atoms with E-state index in [4.69, 9.17) is 5.11 Å². The molecule has 2 aromatic heterocycles. The van der Waals surface area contributed by atoms with Gasteiger partial charge in [-0.15, -0.1) is 0 Å². The normalized spacial score (nSPS) is 10.0. The number of carboxylic acids is 1. The second kappa shape index (κ2) is 3.93. The number of aldehydes is 1. The van der Waals surface area contributed by atoms with Gasteiger partial charge in [-0.25, -0.2) is 14.8 Å². The minimum absolute atomic E-state index is 0.0710. The highest BCUT2D eigenvalue weighted by Gasteiger charge is 2.08. The molecule has 16 heavy (non-hydrogen) atoms. The smallest absolute Gasteiger partial charge is 0.356 e. The number of imidazole rings is 1. The first-order valence-corrected chi connectivity index (χ1v) is 4.40.